The molecule has 0 fully saturated rings. The average molecular weight is 377 g/mol. The second-order valence-electron chi connectivity index (χ2n) is 6.40. The van der Waals surface area contributed by atoms with E-state index in [0.29, 0.717) is 29.3 Å². The normalized spacial score (nSPS) is 11.1. The van der Waals surface area contributed by atoms with Crippen LogP contribution in [0.2, 0.25) is 0 Å². The highest BCUT2D eigenvalue weighted by molar-refractivity contribution is 5.97. The van der Waals surface area contributed by atoms with Gasteiger partial charge in [0.1, 0.15) is 0 Å². The molecule has 0 bridgehead atoms. The fraction of sp³-hybridized carbons (Fsp3) is 0.200. The summed E-state index contributed by atoms with van der Waals surface area (Å²) in [5.41, 5.74) is 2.96. The summed E-state index contributed by atoms with van der Waals surface area (Å²) in [5.74, 6) is 0.688. The molecular formula is C20H19N5O3. The first kappa shape index (κ1) is 17.9. The summed E-state index contributed by atoms with van der Waals surface area (Å²) in [6.45, 7) is 0.699. The molecule has 2 aromatic carbocycles. The lowest BCUT2D eigenvalue weighted by Gasteiger charge is -2.14. The van der Waals surface area contributed by atoms with Crippen LogP contribution in [0.1, 0.15) is 16.2 Å². The van der Waals surface area contributed by atoms with Gasteiger partial charge >= 0.3 is 0 Å². The number of imidazole rings is 1. The third-order valence-electron chi connectivity index (χ3n) is 4.43. The lowest BCUT2D eigenvalue weighted by molar-refractivity contribution is 0.0769. The van der Waals surface area contributed by atoms with Crippen molar-refractivity contribution >= 4 is 16.9 Å². The first-order chi connectivity index (χ1) is 13.7. The zero-order chi connectivity index (χ0) is 19.5. The van der Waals surface area contributed by atoms with E-state index in [-0.39, 0.29) is 19.1 Å². The van der Waals surface area contributed by atoms with Crippen molar-refractivity contribution in [2.24, 2.45) is 0 Å². The van der Waals surface area contributed by atoms with E-state index in [2.05, 4.69) is 15.1 Å². The Morgan fingerprint density at radius 2 is 2.04 bits per heavy atom. The number of carbonyl (C=O) groups excluding carboxylic acids is 1. The van der Waals surface area contributed by atoms with E-state index < -0.39 is 0 Å². The molecule has 0 unspecified atom stereocenters. The van der Waals surface area contributed by atoms with Crippen LogP contribution in [0.15, 0.2) is 59.4 Å². The monoisotopic (exact) mass is 377 g/mol. The van der Waals surface area contributed by atoms with Gasteiger partial charge in [-0.15, -0.1) is 0 Å². The summed E-state index contributed by atoms with van der Waals surface area (Å²) < 4.78 is 7.13. The summed E-state index contributed by atoms with van der Waals surface area (Å²) in [6, 6.07) is 14.8. The Morgan fingerprint density at radius 3 is 2.82 bits per heavy atom. The third kappa shape index (κ3) is 3.49. The van der Waals surface area contributed by atoms with Gasteiger partial charge in [-0.1, -0.05) is 35.5 Å². The molecule has 28 heavy (non-hydrogen) atoms. The fourth-order valence-corrected chi connectivity index (χ4v) is 3.00. The molecule has 4 rings (SSSR count). The predicted octanol–water partition coefficient (Wildman–Crippen LogP) is 2.35. The van der Waals surface area contributed by atoms with E-state index in [9.17, 15) is 4.79 Å². The number of benzene rings is 2. The molecule has 2 aromatic heterocycles. The van der Waals surface area contributed by atoms with Crippen molar-refractivity contribution < 1.29 is 14.4 Å². The Kier molecular flexibility index (Phi) is 4.86. The number of carbonyl (C=O) groups is 1. The zero-order valence-corrected chi connectivity index (χ0v) is 15.3. The molecule has 0 atom stereocenters. The van der Waals surface area contributed by atoms with Crippen molar-refractivity contribution in [3.63, 3.8) is 0 Å². The summed E-state index contributed by atoms with van der Waals surface area (Å²) in [5, 5.41) is 13.1. The topological polar surface area (TPSA) is 97.3 Å². The van der Waals surface area contributed by atoms with Gasteiger partial charge in [0.15, 0.2) is 0 Å². The molecule has 0 aliphatic rings. The van der Waals surface area contributed by atoms with Crippen molar-refractivity contribution in [2.45, 2.75) is 13.1 Å². The molecule has 0 saturated carbocycles. The Bertz CT molecular complexity index is 1100. The number of hydrogen-bond donors (Lipinski definition) is 1. The minimum absolute atomic E-state index is 0.0318. The number of aliphatic hydroxyl groups excluding tert-OH is 1. The number of fused-ring (bicyclic) bond motifs is 1. The van der Waals surface area contributed by atoms with E-state index in [4.69, 9.17) is 9.63 Å². The van der Waals surface area contributed by atoms with E-state index in [1.807, 2.05) is 41.0 Å². The maximum atomic E-state index is 12.8. The molecule has 2 heterocycles. The van der Waals surface area contributed by atoms with Gasteiger partial charge in [0.05, 0.1) is 30.5 Å². The number of aliphatic hydroxyl groups is 1. The number of amides is 1. The summed E-state index contributed by atoms with van der Waals surface area (Å²) in [4.78, 5) is 22.9. The fourth-order valence-electron chi connectivity index (χ4n) is 3.00. The van der Waals surface area contributed by atoms with Gasteiger partial charge in [0.2, 0.25) is 11.7 Å². The minimum atomic E-state index is -0.168. The maximum absolute atomic E-state index is 12.8. The van der Waals surface area contributed by atoms with E-state index in [1.165, 1.54) is 4.90 Å². The van der Waals surface area contributed by atoms with Crippen LogP contribution in [0.3, 0.4) is 0 Å². The second-order valence-corrected chi connectivity index (χ2v) is 6.40. The number of hydrogen-bond acceptors (Lipinski definition) is 6. The van der Waals surface area contributed by atoms with Gasteiger partial charge in [0.25, 0.3) is 5.91 Å². The SMILES string of the molecule is CN(Cc1nc(-c2ccccc2)no1)C(=O)c1ccc2c(c1)ncn2CCO. The van der Waals surface area contributed by atoms with Crippen molar-refractivity contribution in [3.05, 3.63) is 66.3 Å². The molecule has 142 valence electrons. The molecule has 4 aromatic rings. The quantitative estimate of drug-likeness (QED) is 0.554. The minimum Gasteiger partial charge on any atom is -0.395 e. The highest BCUT2D eigenvalue weighted by atomic mass is 16.5. The number of nitrogens with zero attached hydrogens (tertiary/aromatic N) is 5. The molecular weight excluding hydrogens is 358 g/mol. The van der Waals surface area contributed by atoms with Crippen LogP contribution in [-0.2, 0) is 13.1 Å². The molecule has 0 saturated heterocycles. The highest BCUT2D eigenvalue weighted by Crippen LogP contribution is 2.18. The molecule has 0 spiro atoms. The van der Waals surface area contributed by atoms with Crippen LogP contribution < -0.4 is 0 Å². The van der Waals surface area contributed by atoms with Crippen molar-refractivity contribution in [1.82, 2.24) is 24.6 Å². The number of aromatic nitrogens is 4. The van der Waals surface area contributed by atoms with Crippen molar-refractivity contribution in [3.8, 4) is 11.4 Å². The summed E-state index contributed by atoms with van der Waals surface area (Å²) >= 11 is 0. The lowest BCUT2D eigenvalue weighted by Crippen LogP contribution is -2.26. The summed E-state index contributed by atoms with van der Waals surface area (Å²) in [6.07, 6.45) is 1.66. The van der Waals surface area contributed by atoms with Gasteiger partial charge < -0.3 is 19.1 Å². The molecule has 8 heteroatoms. The molecule has 8 nitrogen and oxygen atoms in total. The van der Waals surface area contributed by atoms with Crippen LogP contribution in [-0.4, -0.2) is 49.3 Å². The van der Waals surface area contributed by atoms with E-state index in [1.54, 1.807) is 25.5 Å². The van der Waals surface area contributed by atoms with Crippen LogP contribution >= 0.6 is 0 Å². The van der Waals surface area contributed by atoms with Gasteiger partial charge in [-0.05, 0) is 18.2 Å². The van der Waals surface area contributed by atoms with Gasteiger partial charge in [-0.2, -0.15) is 4.98 Å². The van der Waals surface area contributed by atoms with Gasteiger partial charge in [-0.3, -0.25) is 4.79 Å². The second kappa shape index (κ2) is 7.61. The Hall–Kier alpha value is -3.52. The van der Waals surface area contributed by atoms with Gasteiger partial charge in [-0.25, -0.2) is 4.98 Å². The predicted molar refractivity (Wildman–Crippen MR) is 102 cm³/mol. The van der Waals surface area contributed by atoms with Crippen LogP contribution in [0.4, 0.5) is 0 Å². The zero-order valence-electron chi connectivity index (χ0n) is 15.3. The van der Waals surface area contributed by atoms with Crippen LogP contribution in [0.5, 0.6) is 0 Å². The number of rotatable bonds is 6. The third-order valence-corrected chi connectivity index (χ3v) is 4.43. The standard InChI is InChI=1S/C20H19N5O3/c1-24(12-18-22-19(23-28-18)14-5-3-2-4-6-14)20(27)15-7-8-17-16(11-15)21-13-25(17)9-10-26/h2-8,11,13,26H,9-10,12H2,1H3. The first-order valence-corrected chi connectivity index (χ1v) is 8.85. The van der Waals surface area contributed by atoms with Crippen molar-refractivity contribution in [2.75, 3.05) is 13.7 Å². The lowest BCUT2D eigenvalue weighted by atomic mass is 10.1. The van der Waals surface area contributed by atoms with E-state index in [0.717, 1.165) is 11.1 Å². The molecule has 0 aliphatic carbocycles. The Balaban J connectivity index is 1.49. The molecule has 0 radical (unpaired) electrons. The Labute approximate surface area is 161 Å². The average Bonchev–Trinajstić information content (AvgIpc) is 3.35. The summed E-state index contributed by atoms with van der Waals surface area (Å²) in [7, 11) is 1.68. The van der Waals surface area contributed by atoms with E-state index >= 15 is 0 Å². The van der Waals surface area contributed by atoms with Gasteiger partial charge in [0, 0.05) is 24.7 Å². The molecule has 1 N–H and O–H groups in total. The van der Waals surface area contributed by atoms with Crippen LogP contribution in [0.25, 0.3) is 22.4 Å². The molecule has 1 amide bonds. The van der Waals surface area contributed by atoms with Crippen molar-refractivity contribution in [1.29, 1.82) is 0 Å². The maximum Gasteiger partial charge on any atom is 0.254 e. The first-order valence-electron chi connectivity index (χ1n) is 8.85. The molecule has 0 aliphatic heterocycles. The Morgan fingerprint density at radius 1 is 1.21 bits per heavy atom. The highest BCUT2D eigenvalue weighted by Gasteiger charge is 2.17. The largest absolute Gasteiger partial charge is 0.395 e. The smallest absolute Gasteiger partial charge is 0.254 e. The van der Waals surface area contributed by atoms with Crippen LogP contribution in [0, 0.1) is 0 Å².